The Balaban J connectivity index is 3.26. The zero-order valence-electron chi connectivity index (χ0n) is 19.3. The highest BCUT2D eigenvalue weighted by molar-refractivity contribution is 4.56. The lowest BCUT2D eigenvalue weighted by atomic mass is 10.0. The summed E-state index contributed by atoms with van der Waals surface area (Å²) in [5.74, 6) is 0. The molecule has 0 rings (SSSR count). The van der Waals surface area contributed by atoms with Crippen molar-refractivity contribution >= 4 is 0 Å². The topological polar surface area (TPSA) is 21.7 Å². The fourth-order valence-electron chi connectivity index (χ4n) is 3.64. The van der Waals surface area contributed by atoms with Crippen LogP contribution in [-0.2, 0) is 9.68 Å². The van der Waals surface area contributed by atoms with Gasteiger partial charge in [-0.1, -0.05) is 115 Å². The fourth-order valence-corrected chi connectivity index (χ4v) is 3.64. The van der Waals surface area contributed by atoms with Crippen LogP contribution < -0.4 is 0 Å². The van der Waals surface area contributed by atoms with Gasteiger partial charge >= 0.3 is 0 Å². The first-order valence-electron chi connectivity index (χ1n) is 12.3. The van der Waals surface area contributed by atoms with E-state index in [-0.39, 0.29) is 0 Å². The van der Waals surface area contributed by atoms with Crippen LogP contribution in [0.5, 0.6) is 0 Å². The quantitative estimate of drug-likeness (QED) is 0.138. The van der Waals surface area contributed by atoms with E-state index in [9.17, 15) is 0 Å². The Kier molecular flexibility index (Phi) is 22.1. The maximum Gasteiger partial charge on any atom is 0.0683 e. The van der Waals surface area contributed by atoms with E-state index < -0.39 is 0 Å². The van der Waals surface area contributed by atoms with Crippen LogP contribution in [0.1, 0.15) is 137 Å². The molecule has 164 valence electrons. The van der Waals surface area contributed by atoms with E-state index in [1.54, 1.807) is 5.23 Å². The molecule has 0 radical (unpaired) electrons. The van der Waals surface area contributed by atoms with Crippen molar-refractivity contribution in [3.8, 4) is 0 Å². The summed E-state index contributed by atoms with van der Waals surface area (Å²) in [6.45, 7) is 9.84. The predicted octanol–water partition coefficient (Wildman–Crippen LogP) is 8.23. The summed E-state index contributed by atoms with van der Waals surface area (Å²) < 4.78 is 0. The molecule has 0 saturated carbocycles. The molecule has 0 fully saturated rings. The Morgan fingerprint density at radius 3 is 1.19 bits per heavy atom. The number of hydrogen-bond acceptors (Lipinski definition) is 3. The average molecular weight is 386 g/mol. The molecule has 0 heterocycles. The molecule has 1 unspecified atom stereocenters. The van der Waals surface area contributed by atoms with Crippen LogP contribution in [0.2, 0.25) is 0 Å². The van der Waals surface area contributed by atoms with Gasteiger partial charge in [0.1, 0.15) is 0 Å². The fraction of sp³-hybridized carbons (Fsp3) is 1.00. The van der Waals surface area contributed by atoms with E-state index in [1.807, 2.05) is 13.8 Å². The highest BCUT2D eigenvalue weighted by atomic mass is 16.9. The van der Waals surface area contributed by atoms with Crippen molar-refractivity contribution in [2.24, 2.45) is 0 Å². The molecular formula is C24H51NO2. The van der Waals surface area contributed by atoms with E-state index in [2.05, 4.69) is 13.8 Å². The third-order valence-corrected chi connectivity index (χ3v) is 5.35. The van der Waals surface area contributed by atoms with Crippen molar-refractivity contribution in [1.29, 1.82) is 0 Å². The van der Waals surface area contributed by atoms with Gasteiger partial charge in [0.15, 0.2) is 0 Å². The zero-order valence-corrected chi connectivity index (χ0v) is 19.3. The zero-order chi connectivity index (χ0) is 20.0. The van der Waals surface area contributed by atoms with Crippen LogP contribution in [0.15, 0.2) is 0 Å². The summed E-state index contributed by atoms with van der Waals surface area (Å²) in [7, 11) is 0. The first kappa shape index (κ1) is 26.9. The predicted molar refractivity (Wildman–Crippen MR) is 119 cm³/mol. The summed E-state index contributed by atoms with van der Waals surface area (Å²) >= 11 is 0. The number of nitrogens with zero attached hydrogens (tertiary/aromatic N) is 1. The summed E-state index contributed by atoms with van der Waals surface area (Å²) in [4.78, 5) is 11.1. The molecule has 3 nitrogen and oxygen atoms in total. The van der Waals surface area contributed by atoms with Gasteiger partial charge in [0.2, 0.25) is 0 Å². The van der Waals surface area contributed by atoms with Crippen molar-refractivity contribution in [3.63, 3.8) is 0 Å². The highest BCUT2D eigenvalue weighted by Gasteiger charge is 2.14. The largest absolute Gasteiger partial charge is 0.274 e. The third-order valence-electron chi connectivity index (χ3n) is 5.35. The highest BCUT2D eigenvalue weighted by Crippen LogP contribution is 2.15. The molecule has 0 saturated heterocycles. The molecule has 0 amide bonds. The minimum absolute atomic E-state index is 0.344. The van der Waals surface area contributed by atoms with Gasteiger partial charge in [-0.2, -0.15) is 0 Å². The molecule has 0 aromatic carbocycles. The molecule has 0 aliphatic heterocycles. The van der Waals surface area contributed by atoms with Crippen LogP contribution >= 0.6 is 0 Å². The maximum atomic E-state index is 5.53. The maximum absolute atomic E-state index is 5.53. The number of unbranched alkanes of at least 4 members (excludes halogenated alkanes) is 15. The minimum Gasteiger partial charge on any atom is -0.274 e. The van der Waals surface area contributed by atoms with Crippen LogP contribution in [0.25, 0.3) is 0 Å². The van der Waals surface area contributed by atoms with Gasteiger partial charge in [-0.25, -0.2) is 0 Å². The SMILES string of the molecule is CCCCCCCCCCCCCCCCCCC(C)N(OCC)OCC. The van der Waals surface area contributed by atoms with Crippen LogP contribution in [0.3, 0.4) is 0 Å². The second kappa shape index (κ2) is 22.2. The molecule has 3 heteroatoms. The summed E-state index contributed by atoms with van der Waals surface area (Å²) in [5, 5.41) is 1.70. The first-order valence-corrected chi connectivity index (χ1v) is 12.3. The van der Waals surface area contributed by atoms with Gasteiger partial charge in [-0.3, -0.25) is 9.68 Å². The van der Waals surface area contributed by atoms with Crippen molar-refractivity contribution in [3.05, 3.63) is 0 Å². The third kappa shape index (κ3) is 19.0. The molecule has 0 aromatic heterocycles. The molecule has 0 aliphatic rings. The Labute approximate surface area is 171 Å². The molecule has 0 aliphatic carbocycles. The molecule has 0 spiro atoms. The first-order chi connectivity index (χ1) is 13.3. The lowest BCUT2D eigenvalue weighted by Gasteiger charge is -2.25. The van der Waals surface area contributed by atoms with E-state index in [0.29, 0.717) is 19.3 Å². The monoisotopic (exact) mass is 385 g/mol. The van der Waals surface area contributed by atoms with Gasteiger partial charge in [0, 0.05) is 0 Å². The number of hydroxylamine groups is 2. The van der Waals surface area contributed by atoms with Crippen LogP contribution in [-0.4, -0.2) is 24.5 Å². The normalized spacial score (nSPS) is 12.8. The van der Waals surface area contributed by atoms with Crippen molar-refractivity contribution < 1.29 is 9.68 Å². The smallest absolute Gasteiger partial charge is 0.0683 e. The van der Waals surface area contributed by atoms with Gasteiger partial charge in [0.25, 0.3) is 0 Å². The van der Waals surface area contributed by atoms with Crippen LogP contribution in [0.4, 0.5) is 0 Å². The Morgan fingerprint density at radius 2 is 0.852 bits per heavy atom. The van der Waals surface area contributed by atoms with E-state index in [1.165, 1.54) is 103 Å². The molecule has 27 heavy (non-hydrogen) atoms. The Bertz CT molecular complexity index is 267. The second-order valence-electron chi connectivity index (χ2n) is 8.06. The second-order valence-corrected chi connectivity index (χ2v) is 8.06. The molecular weight excluding hydrogens is 334 g/mol. The van der Waals surface area contributed by atoms with Crippen molar-refractivity contribution in [2.75, 3.05) is 13.2 Å². The lowest BCUT2D eigenvalue weighted by Crippen LogP contribution is -2.33. The molecule has 1 atom stereocenters. The van der Waals surface area contributed by atoms with Gasteiger partial charge in [0.05, 0.1) is 19.3 Å². The van der Waals surface area contributed by atoms with Gasteiger partial charge in [-0.15, -0.1) is 0 Å². The van der Waals surface area contributed by atoms with E-state index >= 15 is 0 Å². The molecule has 0 bridgehead atoms. The van der Waals surface area contributed by atoms with Crippen molar-refractivity contribution in [2.45, 2.75) is 143 Å². The van der Waals surface area contributed by atoms with Crippen molar-refractivity contribution in [1.82, 2.24) is 5.23 Å². The summed E-state index contributed by atoms with van der Waals surface area (Å²) in [6, 6.07) is 0.344. The average Bonchev–Trinajstić information content (AvgIpc) is 2.67. The van der Waals surface area contributed by atoms with E-state index in [4.69, 9.17) is 9.68 Å². The lowest BCUT2D eigenvalue weighted by molar-refractivity contribution is -0.383. The number of rotatable bonds is 22. The molecule has 0 aromatic rings. The number of hydrogen-bond donors (Lipinski definition) is 0. The Hall–Kier alpha value is -0.120. The molecule has 0 N–H and O–H groups in total. The summed E-state index contributed by atoms with van der Waals surface area (Å²) in [6.07, 6.45) is 23.9. The van der Waals surface area contributed by atoms with Gasteiger partial charge in [-0.05, 0) is 27.2 Å². The standard InChI is InChI=1S/C24H51NO2/c1-5-8-9-10-11-12-13-14-15-16-17-18-19-20-21-22-23-24(4)25(26-6-2)27-7-3/h24H,5-23H2,1-4H3. The minimum atomic E-state index is 0.344. The summed E-state index contributed by atoms with van der Waals surface area (Å²) in [5.41, 5.74) is 0. The Morgan fingerprint density at radius 1 is 0.519 bits per heavy atom. The van der Waals surface area contributed by atoms with Gasteiger partial charge < -0.3 is 0 Å². The van der Waals surface area contributed by atoms with Crippen LogP contribution in [0, 0.1) is 0 Å². The van der Waals surface area contributed by atoms with E-state index in [0.717, 1.165) is 6.42 Å².